The van der Waals surface area contributed by atoms with Crippen LogP contribution in [0, 0.1) is 0 Å². The summed E-state index contributed by atoms with van der Waals surface area (Å²) >= 11 is 12.1. The topological polar surface area (TPSA) is 134 Å². The first-order valence-electron chi connectivity index (χ1n) is 17.3. The SMILES string of the molecule is O=C(Nc1cnccc1Cl)N1CCN(Cc2ccc3c(c2)OC(F)(F)O3)CC1.O=C(Nc1cnccc1Cl)N1CCN(Cc2ccc3c(c2)OC(F)(F)O3)CC1. The van der Waals surface area contributed by atoms with Crippen LogP contribution in [-0.2, 0) is 13.1 Å². The van der Waals surface area contributed by atoms with E-state index in [-0.39, 0.29) is 35.1 Å². The van der Waals surface area contributed by atoms with Crippen LogP contribution >= 0.6 is 23.2 Å². The van der Waals surface area contributed by atoms with Crippen molar-refractivity contribution in [3.63, 3.8) is 0 Å². The second-order valence-corrected chi connectivity index (χ2v) is 13.8. The minimum absolute atomic E-state index is 0.0318. The maximum absolute atomic E-state index is 13.1. The number of nitrogens with zero attached hydrogens (tertiary/aromatic N) is 6. The van der Waals surface area contributed by atoms with E-state index in [1.165, 1.54) is 24.5 Å². The third-order valence-corrected chi connectivity index (χ3v) is 9.74. The van der Waals surface area contributed by atoms with Crippen LogP contribution in [0.5, 0.6) is 23.0 Å². The van der Waals surface area contributed by atoms with Crippen molar-refractivity contribution in [1.82, 2.24) is 29.6 Å². The molecule has 2 aromatic heterocycles. The molecule has 4 aliphatic rings. The van der Waals surface area contributed by atoms with Crippen LogP contribution in [0.1, 0.15) is 11.1 Å². The molecule has 4 aromatic rings. The molecule has 6 heterocycles. The number of benzene rings is 2. The molecule has 0 bridgehead atoms. The number of anilines is 2. The lowest BCUT2D eigenvalue weighted by atomic mass is 10.1. The standard InChI is InChI=1S/2C18H17ClF2N4O3/c2*19-13-3-4-22-10-14(13)23-17(26)25-7-5-24(6-8-25)11-12-1-2-15-16(9-12)28-18(20,21)27-15/h2*1-4,9-10H,5-8,11H2,(H,23,26). The Bertz CT molecular complexity index is 1930. The molecular weight excluding hydrogens is 787 g/mol. The second kappa shape index (κ2) is 16.4. The fourth-order valence-electron chi connectivity index (χ4n) is 6.25. The Morgan fingerprint density at radius 1 is 0.589 bits per heavy atom. The number of urea groups is 2. The van der Waals surface area contributed by atoms with Gasteiger partial charge in [-0.3, -0.25) is 19.8 Å². The maximum Gasteiger partial charge on any atom is 0.586 e. The van der Waals surface area contributed by atoms with Crippen molar-refractivity contribution >= 4 is 46.6 Å². The third-order valence-electron chi connectivity index (χ3n) is 9.08. The molecule has 20 heteroatoms. The summed E-state index contributed by atoms with van der Waals surface area (Å²) in [6, 6.07) is 12.3. The number of rotatable bonds is 6. The first-order valence-corrected chi connectivity index (χ1v) is 18.1. The Hall–Kier alpha value is -5.30. The molecule has 0 radical (unpaired) electrons. The fourth-order valence-corrected chi connectivity index (χ4v) is 6.55. The first-order chi connectivity index (χ1) is 26.8. The van der Waals surface area contributed by atoms with Gasteiger partial charge in [0, 0.05) is 77.8 Å². The Labute approximate surface area is 327 Å². The normalized spacial score (nSPS) is 18.2. The molecule has 2 saturated heterocycles. The van der Waals surface area contributed by atoms with Gasteiger partial charge in [-0.15, -0.1) is 17.6 Å². The van der Waals surface area contributed by atoms with Crippen LogP contribution in [0.3, 0.4) is 0 Å². The molecule has 0 aliphatic carbocycles. The molecule has 0 spiro atoms. The number of carbonyl (C=O) groups is 2. The van der Waals surface area contributed by atoms with Crippen molar-refractivity contribution < 1.29 is 46.1 Å². The average molecular weight is 822 g/mol. The summed E-state index contributed by atoms with van der Waals surface area (Å²) in [6.07, 6.45) is -1.13. The quantitative estimate of drug-likeness (QED) is 0.200. The number of ether oxygens (including phenoxy) is 4. The van der Waals surface area contributed by atoms with Gasteiger partial charge in [0.25, 0.3) is 0 Å². The highest BCUT2D eigenvalue weighted by molar-refractivity contribution is 6.34. The molecule has 0 atom stereocenters. The molecule has 14 nitrogen and oxygen atoms in total. The molecule has 56 heavy (non-hydrogen) atoms. The molecule has 2 N–H and O–H groups in total. The zero-order valence-corrected chi connectivity index (χ0v) is 30.9. The molecule has 2 fully saturated rings. The minimum atomic E-state index is -3.61. The number of amides is 4. The molecule has 4 amide bonds. The monoisotopic (exact) mass is 820 g/mol. The van der Waals surface area contributed by atoms with Crippen molar-refractivity contribution in [2.45, 2.75) is 25.7 Å². The summed E-state index contributed by atoms with van der Waals surface area (Å²) in [7, 11) is 0. The smallest absolute Gasteiger partial charge is 0.395 e. The van der Waals surface area contributed by atoms with Crippen LogP contribution in [0.15, 0.2) is 73.3 Å². The van der Waals surface area contributed by atoms with Gasteiger partial charge in [-0.25, -0.2) is 9.59 Å². The summed E-state index contributed by atoms with van der Waals surface area (Å²) in [5.41, 5.74) is 2.60. The Balaban J connectivity index is 0.000000172. The highest BCUT2D eigenvalue weighted by Crippen LogP contribution is 2.42. The van der Waals surface area contributed by atoms with Crippen LogP contribution in [-0.4, -0.2) is 107 Å². The van der Waals surface area contributed by atoms with Gasteiger partial charge < -0.3 is 39.4 Å². The Morgan fingerprint density at radius 2 is 0.964 bits per heavy atom. The highest BCUT2D eigenvalue weighted by atomic mass is 35.5. The fraction of sp³-hybridized carbons (Fsp3) is 0.333. The van der Waals surface area contributed by atoms with E-state index in [0.29, 0.717) is 86.9 Å². The molecule has 2 aromatic carbocycles. The van der Waals surface area contributed by atoms with Crippen LogP contribution < -0.4 is 29.6 Å². The number of piperazine rings is 2. The van der Waals surface area contributed by atoms with E-state index in [2.05, 4.69) is 49.3 Å². The van der Waals surface area contributed by atoms with E-state index in [9.17, 15) is 27.2 Å². The summed E-state index contributed by atoms with van der Waals surface area (Å²) in [6.45, 7) is 5.87. The zero-order valence-electron chi connectivity index (χ0n) is 29.4. The van der Waals surface area contributed by atoms with Crippen molar-refractivity contribution in [2.75, 3.05) is 63.0 Å². The van der Waals surface area contributed by atoms with Crippen LogP contribution in [0.2, 0.25) is 10.0 Å². The Kier molecular flexibility index (Phi) is 11.4. The van der Waals surface area contributed by atoms with Crippen LogP contribution in [0.4, 0.5) is 38.5 Å². The lowest BCUT2D eigenvalue weighted by Gasteiger charge is -2.34. The summed E-state index contributed by atoms with van der Waals surface area (Å²) in [5.74, 6) is 0.135. The van der Waals surface area contributed by atoms with Crippen LogP contribution in [0.25, 0.3) is 0 Å². The maximum atomic E-state index is 13.1. The van der Waals surface area contributed by atoms with Crippen molar-refractivity contribution in [3.05, 3.63) is 94.5 Å². The van der Waals surface area contributed by atoms with E-state index < -0.39 is 12.6 Å². The summed E-state index contributed by atoms with van der Waals surface area (Å²) in [4.78, 5) is 40.3. The number of hydrogen-bond donors (Lipinski definition) is 2. The minimum Gasteiger partial charge on any atom is -0.395 e. The predicted molar refractivity (Wildman–Crippen MR) is 196 cm³/mol. The number of fused-ring (bicyclic) bond motifs is 2. The Morgan fingerprint density at radius 3 is 1.34 bits per heavy atom. The van der Waals surface area contributed by atoms with E-state index in [4.69, 9.17) is 23.2 Å². The molecule has 0 unspecified atom stereocenters. The lowest BCUT2D eigenvalue weighted by molar-refractivity contribution is -0.287. The van der Waals surface area contributed by atoms with Crippen molar-refractivity contribution in [2.24, 2.45) is 0 Å². The largest absolute Gasteiger partial charge is 0.586 e. The molecular formula is C36H34Cl2F4N8O6. The summed E-state index contributed by atoms with van der Waals surface area (Å²) in [5, 5.41) is 6.36. The number of halogens is 6. The molecule has 8 rings (SSSR count). The zero-order chi connectivity index (χ0) is 39.5. The van der Waals surface area contributed by atoms with Gasteiger partial charge in [0.1, 0.15) is 0 Å². The molecule has 0 saturated carbocycles. The predicted octanol–water partition coefficient (Wildman–Crippen LogP) is 6.81. The van der Waals surface area contributed by atoms with Crippen molar-refractivity contribution in [3.8, 4) is 23.0 Å². The number of carbonyl (C=O) groups excluding carboxylic acids is 2. The number of aromatic nitrogens is 2. The summed E-state index contributed by atoms with van der Waals surface area (Å²) < 4.78 is 70.2. The van der Waals surface area contributed by atoms with Gasteiger partial charge in [-0.2, -0.15) is 0 Å². The number of hydrogen-bond acceptors (Lipinski definition) is 10. The van der Waals surface area contributed by atoms with Gasteiger partial charge in [0.15, 0.2) is 23.0 Å². The highest BCUT2D eigenvalue weighted by Gasteiger charge is 2.44. The number of alkyl halides is 4. The van der Waals surface area contributed by atoms with Crippen molar-refractivity contribution in [1.29, 1.82) is 0 Å². The molecule has 4 aliphatic heterocycles. The van der Waals surface area contributed by atoms with Gasteiger partial charge in [-0.1, -0.05) is 35.3 Å². The second-order valence-electron chi connectivity index (χ2n) is 13.0. The van der Waals surface area contributed by atoms with Gasteiger partial charge in [0.05, 0.1) is 33.8 Å². The third kappa shape index (κ3) is 9.73. The lowest BCUT2D eigenvalue weighted by Crippen LogP contribution is -2.49. The van der Waals surface area contributed by atoms with Gasteiger partial charge >= 0.3 is 24.7 Å². The van der Waals surface area contributed by atoms with Gasteiger partial charge in [-0.05, 0) is 47.5 Å². The van der Waals surface area contributed by atoms with E-state index in [1.54, 1.807) is 58.6 Å². The van der Waals surface area contributed by atoms with E-state index in [0.717, 1.165) is 11.1 Å². The van der Waals surface area contributed by atoms with E-state index in [1.807, 2.05) is 0 Å². The average Bonchev–Trinajstić information content (AvgIpc) is 3.66. The number of pyridine rings is 2. The number of nitrogens with one attached hydrogen (secondary N) is 2. The first kappa shape index (κ1) is 39.0. The van der Waals surface area contributed by atoms with Gasteiger partial charge in [0.2, 0.25) is 0 Å². The van der Waals surface area contributed by atoms with E-state index >= 15 is 0 Å². The molecule has 296 valence electrons.